The van der Waals surface area contributed by atoms with Crippen molar-refractivity contribution in [1.29, 1.82) is 0 Å². The number of nitrogens with zero attached hydrogens (tertiary/aromatic N) is 6. The van der Waals surface area contributed by atoms with E-state index in [1.165, 1.54) is 30.9 Å². The summed E-state index contributed by atoms with van der Waals surface area (Å²) in [5.74, 6) is 6.15. The maximum atomic E-state index is 5.50. The summed E-state index contributed by atoms with van der Waals surface area (Å²) < 4.78 is 1.93. The molecule has 0 saturated heterocycles. The molecular weight excluding hydrogens is 288 g/mol. The molecule has 9 heteroatoms. The van der Waals surface area contributed by atoms with Crippen LogP contribution in [0.25, 0.3) is 0 Å². The summed E-state index contributed by atoms with van der Waals surface area (Å²) in [5.41, 5.74) is 3.59. The standard InChI is InChI=1S/C12H18N8S/c1-2-9-10(16-13)14-7-15-11(9)21-12-17-18-19-20(12)8-5-3-4-6-8/h7-8H,2-6,13H2,1H3,(H,14,15,16). The molecule has 0 radical (unpaired) electrons. The van der Waals surface area contributed by atoms with E-state index in [9.17, 15) is 0 Å². The van der Waals surface area contributed by atoms with Crippen LogP contribution in [0.5, 0.6) is 0 Å². The van der Waals surface area contributed by atoms with Crippen molar-refractivity contribution in [2.75, 3.05) is 5.43 Å². The highest BCUT2D eigenvalue weighted by Gasteiger charge is 2.23. The molecule has 0 aliphatic heterocycles. The molecule has 3 rings (SSSR count). The highest BCUT2D eigenvalue weighted by atomic mass is 32.2. The minimum absolute atomic E-state index is 0.404. The normalized spacial score (nSPS) is 15.5. The zero-order chi connectivity index (χ0) is 14.7. The quantitative estimate of drug-likeness (QED) is 0.487. The van der Waals surface area contributed by atoms with Crippen LogP contribution in [0.3, 0.4) is 0 Å². The molecule has 21 heavy (non-hydrogen) atoms. The number of aromatic nitrogens is 6. The second-order valence-electron chi connectivity index (χ2n) is 4.95. The van der Waals surface area contributed by atoms with Crippen LogP contribution >= 0.6 is 11.8 Å². The summed E-state index contributed by atoms with van der Waals surface area (Å²) in [6.45, 7) is 2.05. The molecule has 3 N–H and O–H groups in total. The number of tetrazole rings is 1. The summed E-state index contributed by atoms with van der Waals surface area (Å²) in [5, 5.41) is 13.7. The fraction of sp³-hybridized carbons (Fsp3) is 0.583. The lowest BCUT2D eigenvalue weighted by atomic mass is 10.2. The minimum atomic E-state index is 0.404. The van der Waals surface area contributed by atoms with Gasteiger partial charge in [0.15, 0.2) is 0 Å². The van der Waals surface area contributed by atoms with Gasteiger partial charge >= 0.3 is 0 Å². The van der Waals surface area contributed by atoms with Gasteiger partial charge in [-0.15, -0.1) is 5.10 Å². The minimum Gasteiger partial charge on any atom is -0.308 e. The number of nitrogens with one attached hydrogen (secondary N) is 1. The molecule has 2 aromatic rings. The van der Waals surface area contributed by atoms with Gasteiger partial charge in [-0.2, -0.15) is 0 Å². The van der Waals surface area contributed by atoms with E-state index in [0.29, 0.717) is 11.9 Å². The van der Waals surface area contributed by atoms with Crippen LogP contribution in [-0.2, 0) is 6.42 Å². The van der Waals surface area contributed by atoms with E-state index in [4.69, 9.17) is 5.84 Å². The Kier molecular flexibility index (Phi) is 4.30. The van der Waals surface area contributed by atoms with E-state index in [1.54, 1.807) is 0 Å². The molecule has 0 unspecified atom stereocenters. The highest BCUT2D eigenvalue weighted by Crippen LogP contribution is 2.35. The van der Waals surface area contributed by atoms with Gasteiger partial charge in [0, 0.05) is 5.56 Å². The zero-order valence-corrected chi connectivity index (χ0v) is 12.7. The Labute approximate surface area is 126 Å². The summed E-state index contributed by atoms with van der Waals surface area (Å²) in [7, 11) is 0. The molecular formula is C12H18N8S. The van der Waals surface area contributed by atoms with Crippen molar-refractivity contribution in [3.8, 4) is 0 Å². The molecule has 1 aliphatic carbocycles. The zero-order valence-electron chi connectivity index (χ0n) is 11.9. The third kappa shape index (κ3) is 2.84. The predicted octanol–water partition coefficient (Wildman–Crippen LogP) is 1.58. The average molecular weight is 306 g/mol. The molecule has 2 aromatic heterocycles. The first-order valence-electron chi connectivity index (χ1n) is 7.09. The number of nitrogens with two attached hydrogens (primary N) is 1. The largest absolute Gasteiger partial charge is 0.308 e. The first-order valence-corrected chi connectivity index (χ1v) is 7.91. The highest BCUT2D eigenvalue weighted by molar-refractivity contribution is 7.99. The van der Waals surface area contributed by atoms with E-state index in [1.807, 2.05) is 11.6 Å². The van der Waals surface area contributed by atoms with Gasteiger partial charge in [0.05, 0.1) is 6.04 Å². The Balaban J connectivity index is 1.89. The summed E-state index contributed by atoms with van der Waals surface area (Å²) in [6, 6.07) is 0.404. The number of rotatable bonds is 5. The molecule has 8 nitrogen and oxygen atoms in total. The first-order chi connectivity index (χ1) is 10.3. The Bertz CT molecular complexity index is 607. The summed E-state index contributed by atoms with van der Waals surface area (Å²) >= 11 is 1.47. The Hall–Kier alpha value is -1.74. The second-order valence-corrected chi connectivity index (χ2v) is 5.91. The molecule has 0 spiro atoms. The molecule has 0 bridgehead atoms. The number of anilines is 1. The fourth-order valence-electron chi connectivity index (χ4n) is 2.64. The van der Waals surface area contributed by atoms with Crippen LogP contribution in [-0.4, -0.2) is 30.2 Å². The molecule has 0 aromatic carbocycles. The summed E-state index contributed by atoms with van der Waals surface area (Å²) in [6.07, 6.45) is 7.04. The SMILES string of the molecule is CCc1c(NN)ncnc1Sc1nnnn1C1CCCC1. The smallest absolute Gasteiger partial charge is 0.215 e. The van der Waals surface area contributed by atoms with Crippen LogP contribution in [0.2, 0.25) is 0 Å². The molecule has 0 atom stereocenters. The van der Waals surface area contributed by atoms with Crippen molar-refractivity contribution < 1.29 is 0 Å². The van der Waals surface area contributed by atoms with Gasteiger partial charge < -0.3 is 5.43 Å². The fourth-order valence-corrected chi connectivity index (χ4v) is 3.64. The van der Waals surface area contributed by atoms with Gasteiger partial charge in [-0.25, -0.2) is 20.5 Å². The van der Waals surface area contributed by atoms with Gasteiger partial charge in [0.2, 0.25) is 5.16 Å². The third-order valence-corrected chi connectivity index (χ3v) is 4.71. The van der Waals surface area contributed by atoms with Gasteiger partial charge in [0.25, 0.3) is 0 Å². The van der Waals surface area contributed by atoms with Crippen molar-refractivity contribution >= 4 is 17.6 Å². The summed E-state index contributed by atoms with van der Waals surface area (Å²) in [4.78, 5) is 8.49. The molecule has 0 amide bonds. The van der Waals surface area contributed by atoms with Crippen molar-refractivity contribution in [2.24, 2.45) is 5.84 Å². The molecule has 1 aliphatic rings. The predicted molar refractivity (Wildman–Crippen MR) is 78.7 cm³/mol. The number of hydrogen-bond donors (Lipinski definition) is 2. The van der Waals surface area contributed by atoms with Crippen LogP contribution in [0.15, 0.2) is 16.5 Å². The lowest BCUT2D eigenvalue weighted by molar-refractivity contribution is 0.423. The van der Waals surface area contributed by atoms with Gasteiger partial charge in [0.1, 0.15) is 17.2 Å². The van der Waals surface area contributed by atoms with Gasteiger partial charge in [-0.1, -0.05) is 19.8 Å². The number of hydrazine groups is 1. The monoisotopic (exact) mass is 306 g/mol. The molecule has 112 valence electrons. The van der Waals surface area contributed by atoms with E-state index >= 15 is 0 Å². The molecule has 2 heterocycles. The van der Waals surface area contributed by atoms with E-state index in [0.717, 1.165) is 35.0 Å². The Morgan fingerprint density at radius 3 is 2.90 bits per heavy atom. The van der Waals surface area contributed by atoms with Crippen LogP contribution in [0, 0.1) is 0 Å². The van der Waals surface area contributed by atoms with Crippen molar-refractivity contribution in [3.63, 3.8) is 0 Å². The Morgan fingerprint density at radius 1 is 1.38 bits per heavy atom. The van der Waals surface area contributed by atoms with Crippen LogP contribution in [0.4, 0.5) is 5.82 Å². The maximum absolute atomic E-state index is 5.50. The van der Waals surface area contributed by atoms with Crippen molar-refractivity contribution in [1.82, 2.24) is 30.2 Å². The topological polar surface area (TPSA) is 107 Å². The van der Waals surface area contributed by atoms with E-state index < -0.39 is 0 Å². The maximum Gasteiger partial charge on any atom is 0.215 e. The number of hydrogen-bond acceptors (Lipinski definition) is 8. The van der Waals surface area contributed by atoms with Gasteiger partial charge in [-0.3, -0.25) is 0 Å². The third-order valence-electron chi connectivity index (χ3n) is 3.72. The average Bonchev–Trinajstić information content (AvgIpc) is 3.17. The lowest BCUT2D eigenvalue weighted by Gasteiger charge is -2.12. The molecule has 1 fully saturated rings. The van der Waals surface area contributed by atoms with Gasteiger partial charge in [-0.05, 0) is 41.5 Å². The Morgan fingerprint density at radius 2 is 2.19 bits per heavy atom. The van der Waals surface area contributed by atoms with Crippen molar-refractivity contribution in [3.05, 3.63) is 11.9 Å². The first kappa shape index (κ1) is 14.2. The van der Waals surface area contributed by atoms with E-state index in [-0.39, 0.29) is 0 Å². The van der Waals surface area contributed by atoms with E-state index in [2.05, 4.69) is 30.9 Å². The van der Waals surface area contributed by atoms with Crippen LogP contribution < -0.4 is 11.3 Å². The van der Waals surface area contributed by atoms with Crippen molar-refractivity contribution in [2.45, 2.75) is 55.3 Å². The van der Waals surface area contributed by atoms with Crippen LogP contribution in [0.1, 0.15) is 44.2 Å². The second kappa shape index (κ2) is 6.35. The lowest BCUT2D eigenvalue weighted by Crippen LogP contribution is -2.12. The number of nitrogen functional groups attached to an aromatic ring is 1. The molecule has 1 saturated carbocycles.